The highest BCUT2D eigenvalue weighted by atomic mass is 16.3. The van der Waals surface area contributed by atoms with E-state index in [0.29, 0.717) is 12.0 Å². The molecule has 1 amide bonds. The highest BCUT2D eigenvalue weighted by Crippen LogP contribution is 2.16. The van der Waals surface area contributed by atoms with E-state index in [1.54, 1.807) is 13.1 Å². The molecule has 1 rings (SSSR count). The third-order valence-electron chi connectivity index (χ3n) is 1.72. The van der Waals surface area contributed by atoms with Crippen LogP contribution in [0.25, 0.3) is 0 Å². The molecule has 0 aromatic carbocycles. The van der Waals surface area contributed by atoms with Gasteiger partial charge in [-0.3, -0.25) is 4.79 Å². The van der Waals surface area contributed by atoms with E-state index in [-0.39, 0.29) is 5.91 Å². The summed E-state index contributed by atoms with van der Waals surface area (Å²) in [6.07, 6.45) is 1.57. The van der Waals surface area contributed by atoms with Crippen molar-refractivity contribution in [2.24, 2.45) is 0 Å². The Morgan fingerprint density at radius 2 is 2.40 bits per heavy atom. The molecule has 0 saturated carbocycles. The van der Waals surface area contributed by atoms with Crippen LogP contribution in [0.15, 0.2) is 11.6 Å². The van der Waals surface area contributed by atoms with Gasteiger partial charge in [0.25, 0.3) is 5.91 Å². The van der Waals surface area contributed by atoms with Crippen molar-refractivity contribution < 1.29 is 9.90 Å². The van der Waals surface area contributed by atoms with Gasteiger partial charge in [-0.15, -0.1) is 0 Å². The number of carbonyl (C=O) groups is 1. The minimum absolute atomic E-state index is 0.0602. The lowest BCUT2D eigenvalue weighted by Crippen LogP contribution is -2.29. The highest BCUT2D eigenvalue weighted by molar-refractivity contribution is 5.95. The number of carbonyl (C=O) groups excluding carboxylic acids is 1. The van der Waals surface area contributed by atoms with Crippen molar-refractivity contribution in [2.75, 3.05) is 7.05 Å². The SMILES string of the molecule is CCC1=CC(O)N(C)C1=O. The largest absolute Gasteiger partial charge is 0.370 e. The predicted molar refractivity (Wildman–Crippen MR) is 37.2 cm³/mol. The second kappa shape index (κ2) is 2.42. The van der Waals surface area contributed by atoms with Gasteiger partial charge < -0.3 is 10.0 Å². The summed E-state index contributed by atoms with van der Waals surface area (Å²) in [5.41, 5.74) is 0.704. The summed E-state index contributed by atoms with van der Waals surface area (Å²) >= 11 is 0. The minimum atomic E-state index is -0.706. The van der Waals surface area contributed by atoms with E-state index in [2.05, 4.69) is 0 Å². The van der Waals surface area contributed by atoms with Crippen LogP contribution in [0.1, 0.15) is 13.3 Å². The molecule has 3 nitrogen and oxygen atoms in total. The standard InChI is InChI=1S/C7H11NO2/c1-3-5-4-6(9)8(2)7(5)10/h4,6,9H,3H2,1-2H3. The number of aliphatic hydroxyl groups excluding tert-OH is 1. The molecule has 0 radical (unpaired) electrons. The average molecular weight is 141 g/mol. The maximum atomic E-state index is 11.0. The van der Waals surface area contributed by atoms with Crippen LogP contribution in [0.4, 0.5) is 0 Å². The Balaban J connectivity index is 2.78. The second-order valence-electron chi connectivity index (χ2n) is 2.38. The molecule has 1 unspecified atom stereocenters. The van der Waals surface area contributed by atoms with Crippen LogP contribution in [0.3, 0.4) is 0 Å². The Kier molecular flexibility index (Phi) is 1.76. The summed E-state index contributed by atoms with van der Waals surface area (Å²) in [5.74, 6) is -0.0602. The van der Waals surface area contributed by atoms with Crippen molar-refractivity contribution in [1.82, 2.24) is 4.90 Å². The number of amides is 1. The Morgan fingerprint density at radius 3 is 2.60 bits per heavy atom. The van der Waals surface area contributed by atoms with E-state index in [0.717, 1.165) is 0 Å². The smallest absolute Gasteiger partial charge is 0.251 e. The van der Waals surface area contributed by atoms with E-state index < -0.39 is 6.23 Å². The molecule has 0 fully saturated rings. The number of aliphatic hydroxyl groups is 1. The lowest BCUT2D eigenvalue weighted by Gasteiger charge is -2.12. The van der Waals surface area contributed by atoms with Gasteiger partial charge in [-0.05, 0) is 12.5 Å². The van der Waals surface area contributed by atoms with Gasteiger partial charge in [0, 0.05) is 12.6 Å². The van der Waals surface area contributed by atoms with Crippen LogP contribution in [-0.4, -0.2) is 29.2 Å². The Labute approximate surface area is 59.9 Å². The first-order chi connectivity index (χ1) is 4.66. The summed E-state index contributed by atoms with van der Waals surface area (Å²) in [6, 6.07) is 0. The fraction of sp³-hybridized carbons (Fsp3) is 0.571. The van der Waals surface area contributed by atoms with Gasteiger partial charge in [-0.25, -0.2) is 0 Å². The van der Waals surface area contributed by atoms with Gasteiger partial charge in [0.15, 0.2) is 0 Å². The third kappa shape index (κ3) is 0.926. The number of likely N-dealkylation sites (N-methyl/N-ethyl adjacent to an activating group) is 1. The first-order valence-electron chi connectivity index (χ1n) is 3.32. The van der Waals surface area contributed by atoms with E-state index in [1.807, 2.05) is 6.92 Å². The van der Waals surface area contributed by atoms with Gasteiger partial charge in [-0.2, -0.15) is 0 Å². The second-order valence-corrected chi connectivity index (χ2v) is 2.38. The molecule has 3 heteroatoms. The molecular formula is C7H11NO2. The molecule has 0 saturated heterocycles. The summed E-state index contributed by atoms with van der Waals surface area (Å²) in [4.78, 5) is 12.4. The lowest BCUT2D eigenvalue weighted by molar-refractivity contribution is -0.129. The van der Waals surface area contributed by atoms with Crippen LogP contribution in [0.2, 0.25) is 0 Å². The summed E-state index contributed by atoms with van der Waals surface area (Å²) in [5, 5.41) is 9.10. The topological polar surface area (TPSA) is 40.5 Å². The molecule has 1 aliphatic rings. The van der Waals surface area contributed by atoms with Gasteiger partial charge in [0.1, 0.15) is 6.23 Å². The molecular weight excluding hydrogens is 130 g/mol. The van der Waals surface area contributed by atoms with Crippen LogP contribution in [0, 0.1) is 0 Å². The summed E-state index contributed by atoms with van der Waals surface area (Å²) < 4.78 is 0. The van der Waals surface area contributed by atoms with Crippen molar-refractivity contribution in [1.29, 1.82) is 0 Å². The molecule has 0 aromatic rings. The van der Waals surface area contributed by atoms with Crippen molar-refractivity contribution >= 4 is 5.91 Å². The van der Waals surface area contributed by atoms with E-state index >= 15 is 0 Å². The summed E-state index contributed by atoms with van der Waals surface area (Å²) in [7, 11) is 1.59. The molecule has 0 spiro atoms. The Morgan fingerprint density at radius 1 is 1.80 bits per heavy atom. The van der Waals surface area contributed by atoms with Gasteiger partial charge in [0.2, 0.25) is 0 Å². The average Bonchev–Trinajstić information content (AvgIpc) is 2.17. The number of hydrogen-bond acceptors (Lipinski definition) is 2. The van der Waals surface area contributed by atoms with Crippen LogP contribution in [-0.2, 0) is 4.79 Å². The first kappa shape index (κ1) is 7.28. The maximum absolute atomic E-state index is 11.0. The zero-order valence-corrected chi connectivity index (χ0v) is 6.16. The van der Waals surface area contributed by atoms with Gasteiger partial charge >= 0.3 is 0 Å². The number of hydrogen-bond donors (Lipinski definition) is 1. The van der Waals surface area contributed by atoms with E-state index in [1.165, 1.54) is 4.90 Å². The zero-order chi connectivity index (χ0) is 7.72. The lowest BCUT2D eigenvalue weighted by atomic mass is 10.2. The van der Waals surface area contributed by atoms with Gasteiger partial charge in [0.05, 0.1) is 0 Å². The monoisotopic (exact) mass is 141 g/mol. The molecule has 0 aliphatic carbocycles. The molecule has 1 N–H and O–H groups in total. The quantitative estimate of drug-likeness (QED) is 0.563. The van der Waals surface area contributed by atoms with Crippen LogP contribution >= 0.6 is 0 Å². The fourth-order valence-electron chi connectivity index (χ4n) is 0.979. The number of rotatable bonds is 1. The first-order valence-corrected chi connectivity index (χ1v) is 3.32. The van der Waals surface area contributed by atoms with Gasteiger partial charge in [-0.1, -0.05) is 6.92 Å². The molecule has 1 atom stereocenters. The third-order valence-corrected chi connectivity index (χ3v) is 1.72. The molecule has 1 aliphatic heterocycles. The van der Waals surface area contributed by atoms with Crippen LogP contribution in [0.5, 0.6) is 0 Å². The van der Waals surface area contributed by atoms with E-state index in [4.69, 9.17) is 5.11 Å². The summed E-state index contributed by atoms with van der Waals surface area (Å²) in [6.45, 7) is 1.90. The Hall–Kier alpha value is -0.830. The van der Waals surface area contributed by atoms with Crippen molar-refractivity contribution in [3.05, 3.63) is 11.6 Å². The molecule has 0 aromatic heterocycles. The Bertz CT molecular complexity index is 186. The zero-order valence-electron chi connectivity index (χ0n) is 6.16. The van der Waals surface area contributed by atoms with Crippen molar-refractivity contribution in [2.45, 2.75) is 19.6 Å². The minimum Gasteiger partial charge on any atom is -0.370 e. The van der Waals surface area contributed by atoms with Crippen LogP contribution < -0.4 is 0 Å². The van der Waals surface area contributed by atoms with E-state index in [9.17, 15) is 4.79 Å². The predicted octanol–water partition coefficient (Wildman–Crippen LogP) is 0.113. The molecule has 1 heterocycles. The molecule has 56 valence electrons. The maximum Gasteiger partial charge on any atom is 0.251 e. The molecule has 0 bridgehead atoms. The normalized spacial score (nSPS) is 25.5. The van der Waals surface area contributed by atoms with Crippen molar-refractivity contribution in [3.63, 3.8) is 0 Å². The van der Waals surface area contributed by atoms with Crippen molar-refractivity contribution in [3.8, 4) is 0 Å². The number of nitrogens with zero attached hydrogens (tertiary/aromatic N) is 1. The molecule has 10 heavy (non-hydrogen) atoms. The highest BCUT2D eigenvalue weighted by Gasteiger charge is 2.25. The fourth-order valence-corrected chi connectivity index (χ4v) is 0.979.